The molecular formula is C39H78N2. The molecule has 2 nitrogen and oxygen atoms in total. The Morgan fingerprint density at radius 2 is 0.561 bits per heavy atom. The quantitative estimate of drug-likeness (QED) is 0.0719. The summed E-state index contributed by atoms with van der Waals surface area (Å²) in [6.07, 6.45) is 49.9. The van der Waals surface area contributed by atoms with Crippen molar-refractivity contribution in [3.63, 3.8) is 0 Å². The Morgan fingerprint density at radius 1 is 0.317 bits per heavy atom. The lowest BCUT2D eigenvalue weighted by Crippen LogP contribution is -2.39. The Labute approximate surface area is 260 Å². The van der Waals surface area contributed by atoms with Gasteiger partial charge >= 0.3 is 0 Å². The zero-order valence-corrected chi connectivity index (χ0v) is 29.0. The molecule has 0 radical (unpaired) electrons. The highest BCUT2D eigenvalue weighted by Crippen LogP contribution is 2.24. The summed E-state index contributed by atoms with van der Waals surface area (Å²) in [4.78, 5) is 5.41. The van der Waals surface area contributed by atoms with Gasteiger partial charge in [0, 0.05) is 25.5 Å². The van der Waals surface area contributed by atoms with Crippen molar-refractivity contribution in [2.45, 2.75) is 226 Å². The second-order valence-electron chi connectivity index (χ2n) is 13.6. The molecule has 1 rings (SSSR count). The summed E-state index contributed by atoms with van der Waals surface area (Å²) in [6.45, 7) is 9.48. The second-order valence-corrected chi connectivity index (χ2v) is 13.6. The first-order valence-corrected chi connectivity index (χ1v) is 19.5. The highest BCUT2D eigenvalue weighted by Gasteiger charge is 2.24. The molecule has 1 heterocycles. The van der Waals surface area contributed by atoms with Gasteiger partial charge < -0.3 is 9.80 Å². The summed E-state index contributed by atoms with van der Waals surface area (Å²) in [5.41, 5.74) is 0. The molecule has 41 heavy (non-hydrogen) atoms. The number of rotatable bonds is 33. The average Bonchev–Trinajstić information content (AvgIpc) is 3.37. The molecule has 2 heteroatoms. The van der Waals surface area contributed by atoms with E-state index in [1.165, 1.54) is 212 Å². The molecule has 0 bridgehead atoms. The Morgan fingerprint density at radius 3 is 0.854 bits per heavy atom. The summed E-state index contributed by atoms with van der Waals surface area (Å²) in [7, 11) is 0. The third kappa shape index (κ3) is 23.5. The van der Waals surface area contributed by atoms with Crippen LogP contribution >= 0.6 is 0 Å². The first-order valence-electron chi connectivity index (χ1n) is 19.5. The van der Waals surface area contributed by atoms with Crippen molar-refractivity contribution in [1.29, 1.82) is 0 Å². The molecule has 0 aliphatic carbocycles. The zero-order valence-electron chi connectivity index (χ0n) is 29.0. The summed E-state index contributed by atoms with van der Waals surface area (Å²) < 4.78 is 0. The minimum Gasteiger partial charge on any atom is -0.356 e. The van der Waals surface area contributed by atoms with Gasteiger partial charge in [0.15, 0.2) is 0 Å². The molecule has 0 aromatic carbocycles. The normalized spacial score (nSPS) is 15.0. The molecule has 0 saturated carbocycles. The van der Waals surface area contributed by atoms with E-state index in [4.69, 9.17) is 0 Å². The van der Waals surface area contributed by atoms with Gasteiger partial charge in [0.05, 0.1) is 0 Å². The van der Waals surface area contributed by atoms with E-state index in [-0.39, 0.29) is 0 Å². The third-order valence-corrected chi connectivity index (χ3v) is 9.57. The predicted molar refractivity (Wildman–Crippen MR) is 186 cm³/mol. The van der Waals surface area contributed by atoms with Crippen LogP contribution in [0.4, 0.5) is 0 Å². The van der Waals surface area contributed by atoms with Crippen molar-refractivity contribution in [3.05, 3.63) is 12.4 Å². The fourth-order valence-electron chi connectivity index (χ4n) is 6.72. The molecule has 0 spiro atoms. The van der Waals surface area contributed by atoms with Crippen molar-refractivity contribution in [2.24, 2.45) is 0 Å². The second kappa shape index (κ2) is 30.8. The Balaban J connectivity index is 2.16. The Kier molecular flexibility index (Phi) is 28.8. The standard InChI is InChI=1S/C39H78N2/c1-4-7-10-13-15-17-19-21-23-25-27-30-33-36-41-38-37-40(35-32-29-12-9-6-3)39(41)34-31-28-26-24-22-20-18-16-14-11-8-5-2/h37-39H,4-36H2,1-3H3. The van der Waals surface area contributed by atoms with E-state index >= 15 is 0 Å². The third-order valence-electron chi connectivity index (χ3n) is 9.57. The van der Waals surface area contributed by atoms with Crippen LogP contribution in [0.2, 0.25) is 0 Å². The highest BCUT2D eigenvalue weighted by molar-refractivity contribution is 4.97. The molecule has 0 amide bonds. The maximum Gasteiger partial charge on any atom is 0.101 e. The Hall–Kier alpha value is -0.660. The van der Waals surface area contributed by atoms with Crippen LogP contribution in [0.5, 0.6) is 0 Å². The molecule has 1 unspecified atom stereocenters. The molecule has 1 atom stereocenters. The fraction of sp³-hybridized carbons (Fsp3) is 0.949. The number of hydrogen-bond donors (Lipinski definition) is 0. The van der Waals surface area contributed by atoms with Crippen LogP contribution < -0.4 is 0 Å². The molecule has 1 aliphatic heterocycles. The van der Waals surface area contributed by atoms with Gasteiger partial charge in [0.2, 0.25) is 0 Å². The molecule has 0 saturated heterocycles. The van der Waals surface area contributed by atoms with Gasteiger partial charge in [0.1, 0.15) is 6.17 Å². The number of nitrogens with zero attached hydrogens (tertiary/aromatic N) is 2. The van der Waals surface area contributed by atoms with Gasteiger partial charge in [-0.3, -0.25) is 0 Å². The minimum absolute atomic E-state index is 0.640. The lowest BCUT2D eigenvalue weighted by molar-refractivity contribution is 0.135. The highest BCUT2D eigenvalue weighted by atomic mass is 15.4. The monoisotopic (exact) mass is 575 g/mol. The van der Waals surface area contributed by atoms with Crippen molar-refractivity contribution in [3.8, 4) is 0 Å². The minimum atomic E-state index is 0.640. The van der Waals surface area contributed by atoms with Crippen molar-refractivity contribution in [1.82, 2.24) is 9.80 Å². The number of unbranched alkanes of at least 4 members (excludes halogenated alkanes) is 27. The zero-order chi connectivity index (χ0) is 29.5. The molecule has 1 aliphatic rings. The van der Waals surface area contributed by atoms with Crippen molar-refractivity contribution >= 4 is 0 Å². The predicted octanol–water partition coefficient (Wildman–Crippen LogP) is 13.6. The van der Waals surface area contributed by atoms with Crippen LogP contribution in [-0.4, -0.2) is 29.1 Å². The first-order chi connectivity index (χ1) is 20.3. The topological polar surface area (TPSA) is 6.48 Å². The van der Waals surface area contributed by atoms with E-state index in [1.807, 2.05) is 0 Å². The largest absolute Gasteiger partial charge is 0.356 e. The molecular weight excluding hydrogens is 496 g/mol. The van der Waals surface area contributed by atoms with Crippen LogP contribution in [0.15, 0.2) is 12.4 Å². The fourth-order valence-corrected chi connectivity index (χ4v) is 6.72. The van der Waals surface area contributed by atoms with E-state index in [0.717, 1.165) is 0 Å². The lowest BCUT2D eigenvalue weighted by atomic mass is 10.0. The van der Waals surface area contributed by atoms with E-state index in [9.17, 15) is 0 Å². The van der Waals surface area contributed by atoms with E-state index in [2.05, 4.69) is 43.0 Å². The SMILES string of the molecule is CCCCCCCCCCCCCCCN1C=CN(CCCCCCC)C1CCCCCCCCCCCCCC. The smallest absolute Gasteiger partial charge is 0.101 e. The molecule has 0 aromatic rings. The van der Waals surface area contributed by atoms with Gasteiger partial charge in [-0.05, 0) is 25.7 Å². The maximum absolute atomic E-state index is 2.71. The van der Waals surface area contributed by atoms with Crippen LogP contribution in [0.25, 0.3) is 0 Å². The van der Waals surface area contributed by atoms with Crippen molar-refractivity contribution < 1.29 is 0 Å². The molecule has 0 aromatic heterocycles. The van der Waals surface area contributed by atoms with Crippen LogP contribution in [0.3, 0.4) is 0 Å². The summed E-state index contributed by atoms with van der Waals surface area (Å²) in [5.74, 6) is 0. The van der Waals surface area contributed by atoms with Crippen molar-refractivity contribution in [2.75, 3.05) is 13.1 Å². The molecule has 0 fully saturated rings. The first kappa shape index (κ1) is 38.4. The maximum atomic E-state index is 2.71. The van der Waals surface area contributed by atoms with E-state index < -0.39 is 0 Å². The van der Waals surface area contributed by atoms with E-state index in [0.29, 0.717) is 6.17 Å². The molecule has 244 valence electrons. The van der Waals surface area contributed by atoms with Gasteiger partial charge in [-0.1, -0.05) is 194 Å². The van der Waals surface area contributed by atoms with Crippen LogP contribution in [0, 0.1) is 0 Å². The van der Waals surface area contributed by atoms with Gasteiger partial charge in [-0.15, -0.1) is 0 Å². The Bertz CT molecular complexity index is 530. The number of hydrogen-bond acceptors (Lipinski definition) is 2. The van der Waals surface area contributed by atoms with Gasteiger partial charge in [-0.25, -0.2) is 0 Å². The lowest BCUT2D eigenvalue weighted by Gasteiger charge is -2.33. The van der Waals surface area contributed by atoms with Gasteiger partial charge in [0.25, 0.3) is 0 Å². The van der Waals surface area contributed by atoms with Crippen LogP contribution in [0.1, 0.15) is 220 Å². The average molecular weight is 575 g/mol. The van der Waals surface area contributed by atoms with Crippen LogP contribution in [-0.2, 0) is 0 Å². The van der Waals surface area contributed by atoms with Gasteiger partial charge in [-0.2, -0.15) is 0 Å². The summed E-state index contributed by atoms with van der Waals surface area (Å²) >= 11 is 0. The summed E-state index contributed by atoms with van der Waals surface area (Å²) in [6, 6.07) is 0. The molecule has 0 N–H and O–H groups in total. The van der Waals surface area contributed by atoms with E-state index in [1.54, 1.807) is 0 Å². The summed E-state index contributed by atoms with van der Waals surface area (Å²) in [5, 5.41) is 0.